The van der Waals surface area contributed by atoms with Crippen molar-refractivity contribution in [2.45, 2.75) is 18.8 Å². The van der Waals surface area contributed by atoms with E-state index in [1.165, 1.54) is 76.2 Å². The number of rotatable bonds is 8. The second kappa shape index (κ2) is 13.7. The molecule has 0 saturated carbocycles. The highest BCUT2D eigenvalue weighted by molar-refractivity contribution is 6.10. The van der Waals surface area contributed by atoms with Gasteiger partial charge in [0.1, 0.15) is 0 Å². The third kappa shape index (κ3) is 5.85. The summed E-state index contributed by atoms with van der Waals surface area (Å²) in [6.45, 7) is 0. The van der Waals surface area contributed by atoms with Gasteiger partial charge in [-0.25, -0.2) is 0 Å². The molecule has 0 bridgehead atoms. The molecule has 0 spiro atoms. The van der Waals surface area contributed by atoms with Crippen LogP contribution in [0, 0.1) is 0 Å². The van der Waals surface area contributed by atoms with Gasteiger partial charge in [0.15, 0.2) is 0 Å². The van der Waals surface area contributed by atoms with E-state index < -0.39 is 0 Å². The van der Waals surface area contributed by atoms with Crippen LogP contribution in [0.3, 0.4) is 0 Å². The highest BCUT2D eigenvalue weighted by Crippen LogP contribution is 2.41. The van der Waals surface area contributed by atoms with Crippen LogP contribution in [0.2, 0.25) is 0 Å². The number of benzene rings is 10. The van der Waals surface area contributed by atoms with Crippen molar-refractivity contribution in [1.29, 1.82) is 0 Å². The number of para-hydroxylation sites is 1. The van der Waals surface area contributed by atoms with Crippen molar-refractivity contribution in [2.24, 2.45) is 0 Å². The first-order valence-corrected chi connectivity index (χ1v) is 19.0. The molecule has 0 aliphatic rings. The molecular weight excluding hydrogens is 651 g/mol. The summed E-state index contributed by atoms with van der Waals surface area (Å²) in [5, 5.41) is 12.9. The van der Waals surface area contributed by atoms with Gasteiger partial charge in [-0.3, -0.25) is 0 Å². The molecule has 10 rings (SSSR count). The van der Waals surface area contributed by atoms with Crippen LogP contribution in [-0.2, 0) is 12.8 Å². The molecule has 54 heavy (non-hydrogen) atoms. The summed E-state index contributed by atoms with van der Waals surface area (Å²) in [5.74, 6) is 0.320. The van der Waals surface area contributed by atoms with E-state index in [-0.39, 0.29) is 0 Å². The quantitative estimate of drug-likeness (QED) is 0.144. The molecule has 10 aromatic carbocycles. The first kappa shape index (κ1) is 32.0. The van der Waals surface area contributed by atoms with Gasteiger partial charge >= 0.3 is 0 Å². The van der Waals surface area contributed by atoms with Gasteiger partial charge in [-0.05, 0) is 114 Å². The van der Waals surface area contributed by atoms with Crippen LogP contribution in [0.15, 0.2) is 206 Å². The van der Waals surface area contributed by atoms with Crippen LogP contribution in [0.1, 0.15) is 22.6 Å². The van der Waals surface area contributed by atoms with Crippen LogP contribution in [0.5, 0.6) is 0 Å². The van der Waals surface area contributed by atoms with Gasteiger partial charge in [0.25, 0.3) is 0 Å². The molecule has 10 aromatic rings. The minimum Gasteiger partial charge on any atom is -0.310 e. The van der Waals surface area contributed by atoms with Crippen molar-refractivity contribution in [3.63, 3.8) is 0 Å². The fourth-order valence-electron chi connectivity index (χ4n) is 8.68. The topological polar surface area (TPSA) is 3.24 Å². The van der Waals surface area contributed by atoms with Crippen LogP contribution < -0.4 is 4.90 Å². The fraction of sp³-hybridized carbons (Fsp3) is 0.0566. The van der Waals surface area contributed by atoms with Gasteiger partial charge in [-0.15, -0.1) is 0 Å². The van der Waals surface area contributed by atoms with Crippen LogP contribution >= 0.6 is 0 Å². The van der Waals surface area contributed by atoms with Gasteiger partial charge in [0.2, 0.25) is 0 Å². The van der Waals surface area contributed by atoms with Crippen LogP contribution in [-0.4, -0.2) is 0 Å². The summed E-state index contributed by atoms with van der Waals surface area (Å²) in [6, 6.07) is 75.9. The SMILES string of the molecule is c1ccc(CC(Cc2ccc3c(ccc4cc(N(c5ccccc5)c5cccc6ccccc56)ccc43)c2)c2cc3ccccc3c3ccccc23)cc1. The average molecular weight is 690 g/mol. The summed E-state index contributed by atoms with van der Waals surface area (Å²) >= 11 is 0. The predicted molar refractivity (Wildman–Crippen MR) is 232 cm³/mol. The second-order valence-corrected chi connectivity index (χ2v) is 14.5. The molecule has 0 aliphatic carbocycles. The number of hydrogen-bond donors (Lipinski definition) is 0. The largest absolute Gasteiger partial charge is 0.310 e. The summed E-state index contributed by atoms with van der Waals surface area (Å²) in [6.07, 6.45) is 1.94. The third-order valence-electron chi connectivity index (χ3n) is 11.2. The Kier molecular flexibility index (Phi) is 8.11. The Labute approximate surface area is 316 Å². The Bertz CT molecular complexity index is 2940. The summed E-state index contributed by atoms with van der Waals surface area (Å²) in [4.78, 5) is 2.39. The number of nitrogens with zero attached hydrogens (tertiary/aromatic N) is 1. The van der Waals surface area contributed by atoms with Gasteiger partial charge in [0.05, 0.1) is 5.69 Å². The first-order chi connectivity index (χ1) is 26.8. The van der Waals surface area contributed by atoms with Gasteiger partial charge in [-0.2, -0.15) is 0 Å². The van der Waals surface area contributed by atoms with Crippen LogP contribution in [0.4, 0.5) is 17.1 Å². The molecule has 0 amide bonds. The van der Waals surface area contributed by atoms with Gasteiger partial charge < -0.3 is 4.90 Å². The molecule has 256 valence electrons. The Morgan fingerprint density at radius 1 is 0.315 bits per heavy atom. The molecule has 1 atom stereocenters. The lowest BCUT2D eigenvalue weighted by atomic mass is 9.82. The maximum Gasteiger partial charge on any atom is 0.0540 e. The lowest BCUT2D eigenvalue weighted by Crippen LogP contribution is -2.10. The molecular formula is C53H39N. The van der Waals surface area contributed by atoms with Crippen molar-refractivity contribution < 1.29 is 0 Å². The third-order valence-corrected chi connectivity index (χ3v) is 11.2. The van der Waals surface area contributed by atoms with E-state index in [1.807, 2.05) is 0 Å². The van der Waals surface area contributed by atoms with E-state index in [1.54, 1.807) is 0 Å². The molecule has 0 aromatic heterocycles. The second-order valence-electron chi connectivity index (χ2n) is 14.5. The van der Waals surface area contributed by atoms with E-state index in [2.05, 4.69) is 211 Å². The summed E-state index contributed by atoms with van der Waals surface area (Å²) < 4.78 is 0. The predicted octanol–water partition coefficient (Wildman–Crippen LogP) is 14.5. The zero-order valence-electron chi connectivity index (χ0n) is 30.1. The Morgan fingerprint density at radius 2 is 0.870 bits per heavy atom. The Morgan fingerprint density at radius 3 is 1.67 bits per heavy atom. The fourth-order valence-corrected chi connectivity index (χ4v) is 8.68. The van der Waals surface area contributed by atoms with Crippen molar-refractivity contribution in [3.05, 3.63) is 223 Å². The lowest BCUT2D eigenvalue weighted by Gasteiger charge is -2.27. The van der Waals surface area contributed by atoms with Crippen LogP contribution in [0.25, 0.3) is 53.9 Å². The maximum atomic E-state index is 2.45. The monoisotopic (exact) mass is 689 g/mol. The minimum atomic E-state index is 0.320. The summed E-state index contributed by atoms with van der Waals surface area (Å²) in [7, 11) is 0. The van der Waals surface area contributed by atoms with E-state index in [0.717, 1.165) is 24.2 Å². The highest BCUT2D eigenvalue weighted by atomic mass is 15.1. The van der Waals surface area contributed by atoms with E-state index >= 15 is 0 Å². The Hall–Kier alpha value is -6.70. The van der Waals surface area contributed by atoms with E-state index in [4.69, 9.17) is 0 Å². The molecule has 1 nitrogen and oxygen atoms in total. The summed E-state index contributed by atoms with van der Waals surface area (Å²) in [5.41, 5.74) is 7.62. The van der Waals surface area contributed by atoms with Gasteiger partial charge in [0, 0.05) is 16.8 Å². The minimum absolute atomic E-state index is 0.320. The van der Waals surface area contributed by atoms with Crippen molar-refractivity contribution >= 4 is 70.9 Å². The normalized spacial score (nSPS) is 12.1. The molecule has 0 fully saturated rings. The molecule has 0 aliphatic heterocycles. The number of fused-ring (bicyclic) bond motifs is 7. The van der Waals surface area contributed by atoms with E-state index in [9.17, 15) is 0 Å². The average Bonchev–Trinajstić information content (AvgIpc) is 3.24. The smallest absolute Gasteiger partial charge is 0.0540 e. The first-order valence-electron chi connectivity index (χ1n) is 19.0. The molecule has 1 unspecified atom stereocenters. The van der Waals surface area contributed by atoms with E-state index in [0.29, 0.717) is 5.92 Å². The highest BCUT2D eigenvalue weighted by Gasteiger charge is 2.20. The molecule has 0 saturated heterocycles. The zero-order valence-corrected chi connectivity index (χ0v) is 30.1. The lowest BCUT2D eigenvalue weighted by molar-refractivity contribution is 0.686. The van der Waals surface area contributed by atoms with Gasteiger partial charge in [-0.1, -0.05) is 176 Å². The maximum absolute atomic E-state index is 2.45. The van der Waals surface area contributed by atoms with Crippen molar-refractivity contribution in [2.75, 3.05) is 4.90 Å². The number of hydrogen-bond acceptors (Lipinski definition) is 1. The molecule has 0 heterocycles. The van der Waals surface area contributed by atoms with Crippen molar-refractivity contribution in [1.82, 2.24) is 0 Å². The van der Waals surface area contributed by atoms with Crippen molar-refractivity contribution in [3.8, 4) is 0 Å². The molecule has 0 N–H and O–H groups in total. The number of anilines is 3. The molecule has 1 heteroatoms. The molecule has 0 radical (unpaired) electrons. The zero-order chi connectivity index (χ0) is 35.8. The Balaban J connectivity index is 1.05. The standard InChI is InChI=1S/C53H39N/c1-3-14-37(15-4-1)32-43(52-36-40-17-8-9-21-46(40)50-23-11-12-24-51(50)52)34-38-26-30-47-41(33-38)27-28-42-35-45(29-31-48(42)47)54(44-19-5-2-6-20-44)53-25-13-18-39-16-7-10-22-49(39)53/h1-31,33,35-36,43H,32,34H2.